The maximum Gasteiger partial charge on any atom is 0.230 e. The molecule has 0 aliphatic carbocycles. The van der Waals surface area contributed by atoms with Crippen molar-refractivity contribution < 1.29 is 4.79 Å². The fraction of sp³-hybridized carbons (Fsp3) is 0.909. The van der Waals surface area contributed by atoms with Crippen LogP contribution in [0.2, 0.25) is 0 Å². The summed E-state index contributed by atoms with van der Waals surface area (Å²) in [7, 11) is 0. The molecular formula is C11H22N2OS. The van der Waals surface area contributed by atoms with Gasteiger partial charge in [0.05, 0.1) is 5.75 Å². The standard InChI is InChI=1S/C11H22N2OS/c1-11(2,3)15-8-10(14)13-9-5-4-6-12-7-9/h9,12H,4-8H2,1-3H3,(H,13,14). The van der Waals surface area contributed by atoms with Crippen LogP contribution in [0.5, 0.6) is 0 Å². The summed E-state index contributed by atoms with van der Waals surface area (Å²) in [6.45, 7) is 8.41. The molecule has 0 aromatic heterocycles. The van der Waals surface area contributed by atoms with Gasteiger partial charge < -0.3 is 10.6 Å². The smallest absolute Gasteiger partial charge is 0.230 e. The lowest BCUT2D eigenvalue weighted by Gasteiger charge is -2.24. The summed E-state index contributed by atoms with van der Waals surface area (Å²) in [4.78, 5) is 11.6. The van der Waals surface area contributed by atoms with Crippen LogP contribution in [0.25, 0.3) is 0 Å². The summed E-state index contributed by atoms with van der Waals surface area (Å²) in [5, 5.41) is 6.36. The van der Waals surface area contributed by atoms with Crippen molar-refractivity contribution in [3.63, 3.8) is 0 Å². The highest BCUT2D eigenvalue weighted by molar-refractivity contribution is 8.01. The van der Waals surface area contributed by atoms with Crippen molar-refractivity contribution in [2.75, 3.05) is 18.8 Å². The molecule has 4 heteroatoms. The molecule has 1 heterocycles. The van der Waals surface area contributed by atoms with Gasteiger partial charge >= 0.3 is 0 Å². The Hall–Kier alpha value is -0.220. The molecule has 1 unspecified atom stereocenters. The van der Waals surface area contributed by atoms with Crippen molar-refractivity contribution in [3.8, 4) is 0 Å². The highest BCUT2D eigenvalue weighted by Crippen LogP contribution is 2.22. The monoisotopic (exact) mass is 230 g/mol. The van der Waals surface area contributed by atoms with Crippen LogP contribution in [0, 0.1) is 0 Å². The number of hydrogen-bond donors (Lipinski definition) is 2. The number of piperidine rings is 1. The van der Waals surface area contributed by atoms with Crippen LogP contribution in [0.3, 0.4) is 0 Å². The predicted molar refractivity (Wildman–Crippen MR) is 66.2 cm³/mol. The Labute approximate surface area is 96.8 Å². The first-order chi connectivity index (χ1) is 6.97. The lowest BCUT2D eigenvalue weighted by atomic mass is 10.1. The molecule has 0 aromatic carbocycles. The Morgan fingerprint density at radius 1 is 1.53 bits per heavy atom. The average molecular weight is 230 g/mol. The molecule has 0 aromatic rings. The fourth-order valence-corrected chi connectivity index (χ4v) is 2.17. The Balaban J connectivity index is 2.17. The van der Waals surface area contributed by atoms with Gasteiger partial charge in [0.25, 0.3) is 0 Å². The third kappa shape index (κ3) is 6.05. The number of rotatable bonds is 3. The Bertz CT molecular complexity index is 207. The average Bonchev–Trinajstić information content (AvgIpc) is 2.15. The highest BCUT2D eigenvalue weighted by Gasteiger charge is 2.17. The molecule has 1 aliphatic rings. The summed E-state index contributed by atoms with van der Waals surface area (Å²) in [6, 6.07) is 0.340. The second-order valence-corrected chi connectivity index (χ2v) is 6.81. The van der Waals surface area contributed by atoms with Crippen LogP contribution in [0.1, 0.15) is 33.6 Å². The SMILES string of the molecule is CC(C)(C)SCC(=O)NC1CCCNC1. The van der Waals surface area contributed by atoms with Crippen molar-refractivity contribution in [3.05, 3.63) is 0 Å². The van der Waals surface area contributed by atoms with Gasteiger partial charge in [-0.3, -0.25) is 4.79 Å². The summed E-state index contributed by atoms with van der Waals surface area (Å²) in [6.07, 6.45) is 2.27. The van der Waals surface area contributed by atoms with Crippen molar-refractivity contribution in [1.29, 1.82) is 0 Å². The van der Waals surface area contributed by atoms with Gasteiger partial charge in [0.15, 0.2) is 0 Å². The topological polar surface area (TPSA) is 41.1 Å². The zero-order chi connectivity index (χ0) is 11.3. The molecule has 1 rings (SSSR count). The molecule has 15 heavy (non-hydrogen) atoms. The number of carbonyl (C=O) groups excluding carboxylic acids is 1. The van der Waals surface area contributed by atoms with Crippen LogP contribution in [0.15, 0.2) is 0 Å². The summed E-state index contributed by atoms with van der Waals surface area (Å²) in [5.41, 5.74) is 0. The van der Waals surface area contributed by atoms with Gasteiger partial charge in [0, 0.05) is 17.3 Å². The first-order valence-electron chi connectivity index (χ1n) is 5.61. The number of carbonyl (C=O) groups is 1. The van der Waals surface area contributed by atoms with Gasteiger partial charge in [-0.25, -0.2) is 0 Å². The van der Waals surface area contributed by atoms with Crippen LogP contribution < -0.4 is 10.6 Å². The lowest BCUT2D eigenvalue weighted by molar-refractivity contribution is -0.119. The van der Waals surface area contributed by atoms with E-state index in [9.17, 15) is 4.79 Å². The van der Waals surface area contributed by atoms with Gasteiger partial charge in [0.1, 0.15) is 0 Å². The number of hydrogen-bond acceptors (Lipinski definition) is 3. The minimum Gasteiger partial charge on any atom is -0.351 e. The second-order valence-electron chi connectivity index (χ2n) is 5.01. The molecule has 0 spiro atoms. The number of thioether (sulfide) groups is 1. The van der Waals surface area contributed by atoms with E-state index in [0.29, 0.717) is 11.8 Å². The third-order valence-electron chi connectivity index (χ3n) is 2.30. The fourth-order valence-electron chi connectivity index (χ4n) is 1.53. The van der Waals surface area contributed by atoms with Crippen molar-refractivity contribution in [2.24, 2.45) is 0 Å². The molecule has 3 nitrogen and oxygen atoms in total. The van der Waals surface area contributed by atoms with E-state index >= 15 is 0 Å². The molecule has 88 valence electrons. The zero-order valence-corrected chi connectivity index (χ0v) is 10.7. The molecular weight excluding hydrogens is 208 g/mol. The molecule has 1 fully saturated rings. The van der Waals surface area contributed by atoms with Crippen molar-refractivity contribution >= 4 is 17.7 Å². The van der Waals surface area contributed by atoms with Crippen LogP contribution in [0.4, 0.5) is 0 Å². The Morgan fingerprint density at radius 3 is 2.80 bits per heavy atom. The summed E-state index contributed by atoms with van der Waals surface area (Å²) < 4.78 is 0.169. The normalized spacial score (nSPS) is 22.5. The predicted octanol–water partition coefficient (Wildman–Crippen LogP) is 1.39. The minimum absolute atomic E-state index is 0.169. The van der Waals surface area contributed by atoms with Gasteiger partial charge in [-0.05, 0) is 19.4 Å². The van der Waals surface area contributed by atoms with E-state index in [0.717, 1.165) is 25.9 Å². The molecule has 0 radical (unpaired) electrons. The zero-order valence-electron chi connectivity index (χ0n) is 9.93. The van der Waals surface area contributed by atoms with Crippen LogP contribution >= 0.6 is 11.8 Å². The summed E-state index contributed by atoms with van der Waals surface area (Å²) in [5.74, 6) is 0.739. The van der Waals surface area contributed by atoms with E-state index in [2.05, 4.69) is 31.4 Å². The largest absolute Gasteiger partial charge is 0.351 e. The first-order valence-corrected chi connectivity index (χ1v) is 6.60. The van der Waals surface area contributed by atoms with Gasteiger partial charge in [0.2, 0.25) is 5.91 Å². The minimum atomic E-state index is 0.169. The number of amides is 1. The van der Waals surface area contributed by atoms with Crippen LogP contribution in [-0.4, -0.2) is 35.5 Å². The third-order valence-corrected chi connectivity index (χ3v) is 3.57. The van der Waals surface area contributed by atoms with E-state index in [1.165, 1.54) is 0 Å². The van der Waals surface area contributed by atoms with E-state index in [-0.39, 0.29) is 10.7 Å². The molecule has 1 aliphatic heterocycles. The molecule has 1 atom stereocenters. The number of nitrogens with one attached hydrogen (secondary N) is 2. The van der Waals surface area contributed by atoms with Gasteiger partial charge in [-0.15, -0.1) is 11.8 Å². The van der Waals surface area contributed by atoms with Gasteiger partial charge in [-0.1, -0.05) is 20.8 Å². The second kappa shape index (κ2) is 5.75. The Morgan fingerprint density at radius 2 is 2.27 bits per heavy atom. The van der Waals surface area contributed by atoms with Crippen LogP contribution in [-0.2, 0) is 4.79 Å². The molecule has 1 saturated heterocycles. The van der Waals surface area contributed by atoms with Crippen molar-refractivity contribution in [2.45, 2.75) is 44.4 Å². The maximum absolute atomic E-state index is 11.6. The quantitative estimate of drug-likeness (QED) is 0.770. The molecule has 2 N–H and O–H groups in total. The molecule has 0 bridgehead atoms. The lowest BCUT2D eigenvalue weighted by Crippen LogP contribution is -2.46. The maximum atomic E-state index is 11.6. The van der Waals surface area contributed by atoms with E-state index in [1.807, 2.05) is 0 Å². The Kier molecular flexibility index (Phi) is 4.93. The van der Waals surface area contributed by atoms with E-state index < -0.39 is 0 Å². The first kappa shape index (κ1) is 12.8. The van der Waals surface area contributed by atoms with E-state index in [4.69, 9.17) is 0 Å². The highest BCUT2D eigenvalue weighted by atomic mass is 32.2. The van der Waals surface area contributed by atoms with Gasteiger partial charge in [-0.2, -0.15) is 0 Å². The summed E-state index contributed by atoms with van der Waals surface area (Å²) >= 11 is 1.70. The van der Waals surface area contributed by atoms with E-state index in [1.54, 1.807) is 11.8 Å². The molecule has 1 amide bonds. The van der Waals surface area contributed by atoms with Crippen molar-refractivity contribution in [1.82, 2.24) is 10.6 Å². The molecule has 0 saturated carbocycles.